The first-order valence-electron chi connectivity index (χ1n) is 5.38. The zero-order valence-electron chi connectivity index (χ0n) is 9.07. The Morgan fingerprint density at radius 3 is 2.53 bits per heavy atom. The Balaban J connectivity index is 2.38. The summed E-state index contributed by atoms with van der Waals surface area (Å²) in [5.41, 5.74) is 9.78. The minimum Gasteiger partial charge on any atom is -0.397 e. The highest BCUT2D eigenvalue weighted by Crippen LogP contribution is 2.36. The Kier molecular flexibility index (Phi) is 2.30. The number of hydrogen-bond donors (Lipinski definition) is 2. The van der Waals surface area contributed by atoms with Crippen molar-refractivity contribution < 1.29 is 0 Å². The molecule has 0 aliphatic rings. The second-order valence-electron chi connectivity index (χ2n) is 3.95. The average molecular weight is 243 g/mol. The van der Waals surface area contributed by atoms with Gasteiger partial charge >= 0.3 is 0 Å². The van der Waals surface area contributed by atoms with E-state index >= 15 is 0 Å². The van der Waals surface area contributed by atoms with Gasteiger partial charge in [-0.15, -0.1) is 0 Å². The zero-order chi connectivity index (χ0) is 11.8. The topological polar surface area (TPSA) is 41.8 Å². The maximum absolute atomic E-state index is 6.21. The highest BCUT2D eigenvalue weighted by molar-refractivity contribution is 6.37. The molecule has 0 aliphatic carbocycles. The van der Waals surface area contributed by atoms with Gasteiger partial charge in [0.15, 0.2) is 0 Å². The van der Waals surface area contributed by atoms with Crippen LogP contribution in [0.4, 0.5) is 5.69 Å². The lowest BCUT2D eigenvalue weighted by Crippen LogP contribution is -1.88. The lowest BCUT2D eigenvalue weighted by Gasteiger charge is -2.06. The summed E-state index contributed by atoms with van der Waals surface area (Å²) in [6.45, 7) is 0. The van der Waals surface area contributed by atoms with E-state index in [1.54, 1.807) is 6.20 Å². The number of rotatable bonds is 1. The SMILES string of the molecule is Nc1ccc(-c2ccccc2)c2c(Cl)c[nH]c12. The molecular formula is C14H11ClN2. The molecule has 3 N–H and O–H groups in total. The molecule has 0 atom stereocenters. The smallest absolute Gasteiger partial charge is 0.0709 e. The Labute approximate surface area is 104 Å². The Morgan fingerprint density at radius 1 is 1.00 bits per heavy atom. The molecule has 3 heteroatoms. The standard InChI is InChI=1S/C14H11ClN2/c15-11-8-17-14-12(16)7-6-10(13(11)14)9-4-2-1-3-5-9/h1-8,17H,16H2. The number of aromatic nitrogens is 1. The van der Waals surface area contributed by atoms with Crippen molar-refractivity contribution in [2.75, 3.05) is 5.73 Å². The molecule has 0 unspecified atom stereocenters. The van der Waals surface area contributed by atoms with Gasteiger partial charge in [-0.2, -0.15) is 0 Å². The first-order chi connectivity index (χ1) is 8.27. The van der Waals surface area contributed by atoms with Crippen molar-refractivity contribution in [2.45, 2.75) is 0 Å². The van der Waals surface area contributed by atoms with E-state index < -0.39 is 0 Å². The molecular weight excluding hydrogens is 232 g/mol. The van der Waals surface area contributed by atoms with Crippen LogP contribution in [0.5, 0.6) is 0 Å². The van der Waals surface area contributed by atoms with Gasteiger partial charge in [-0.25, -0.2) is 0 Å². The highest BCUT2D eigenvalue weighted by Gasteiger charge is 2.10. The van der Waals surface area contributed by atoms with Gasteiger partial charge in [0.2, 0.25) is 0 Å². The Hall–Kier alpha value is -1.93. The minimum atomic E-state index is 0.700. The number of nitrogens with one attached hydrogen (secondary N) is 1. The first-order valence-corrected chi connectivity index (χ1v) is 5.75. The molecule has 0 saturated carbocycles. The van der Waals surface area contributed by atoms with Gasteiger partial charge in [0.1, 0.15) is 0 Å². The van der Waals surface area contributed by atoms with E-state index in [-0.39, 0.29) is 0 Å². The number of halogens is 1. The molecule has 84 valence electrons. The van der Waals surface area contributed by atoms with Crippen LogP contribution in [0, 0.1) is 0 Å². The molecule has 3 aromatic rings. The number of hydrogen-bond acceptors (Lipinski definition) is 1. The predicted octanol–water partition coefficient (Wildman–Crippen LogP) is 4.07. The van der Waals surface area contributed by atoms with Crippen LogP contribution in [0.2, 0.25) is 5.02 Å². The number of nitrogen functional groups attached to an aromatic ring is 1. The monoisotopic (exact) mass is 242 g/mol. The fraction of sp³-hybridized carbons (Fsp3) is 0. The molecule has 1 heterocycles. The number of anilines is 1. The van der Waals surface area contributed by atoms with Gasteiger partial charge in [-0.05, 0) is 17.2 Å². The van der Waals surface area contributed by atoms with Crippen molar-refractivity contribution in [1.29, 1.82) is 0 Å². The molecule has 0 aliphatic heterocycles. The molecule has 17 heavy (non-hydrogen) atoms. The summed E-state index contributed by atoms with van der Waals surface area (Å²) in [6.07, 6.45) is 1.77. The molecule has 0 bridgehead atoms. The predicted molar refractivity (Wildman–Crippen MR) is 73.2 cm³/mol. The van der Waals surface area contributed by atoms with Gasteiger partial charge in [0.25, 0.3) is 0 Å². The fourth-order valence-electron chi connectivity index (χ4n) is 2.09. The molecule has 0 amide bonds. The van der Waals surface area contributed by atoms with Crippen LogP contribution >= 0.6 is 11.6 Å². The quantitative estimate of drug-likeness (QED) is 0.621. The summed E-state index contributed by atoms with van der Waals surface area (Å²) in [7, 11) is 0. The fourth-order valence-corrected chi connectivity index (χ4v) is 2.34. The highest BCUT2D eigenvalue weighted by atomic mass is 35.5. The van der Waals surface area contributed by atoms with Gasteiger partial charge in [-0.1, -0.05) is 48.0 Å². The molecule has 0 fully saturated rings. The van der Waals surface area contributed by atoms with Crippen molar-refractivity contribution in [3.63, 3.8) is 0 Å². The number of H-pyrrole nitrogens is 1. The second-order valence-corrected chi connectivity index (χ2v) is 4.36. The summed E-state index contributed by atoms with van der Waals surface area (Å²) >= 11 is 6.21. The molecule has 1 aromatic heterocycles. The van der Waals surface area contributed by atoms with Crippen LogP contribution in [0.25, 0.3) is 22.0 Å². The maximum Gasteiger partial charge on any atom is 0.0709 e. The van der Waals surface area contributed by atoms with E-state index in [9.17, 15) is 0 Å². The molecule has 2 nitrogen and oxygen atoms in total. The summed E-state index contributed by atoms with van der Waals surface area (Å²) in [5.74, 6) is 0. The van der Waals surface area contributed by atoms with Crippen molar-refractivity contribution in [3.8, 4) is 11.1 Å². The van der Waals surface area contributed by atoms with Gasteiger partial charge < -0.3 is 10.7 Å². The number of aromatic amines is 1. The Bertz CT molecular complexity index is 671. The summed E-state index contributed by atoms with van der Waals surface area (Å²) in [6, 6.07) is 14.1. The van der Waals surface area contributed by atoms with E-state index in [1.165, 1.54) is 0 Å². The summed E-state index contributed by atoms with van der Waals surface area (Å²) in [5, 5.41) is 1.68. The van der Waals surface area contributed by atoms with Crippen molar-refractivity contribution in [3.05, 3.63) is 53.7 Å². The molecule has 2 aromatic carbocycles. The first kappa shape index (κ1) is 10.2. The van der Waals surface area contributed by atoms with Crippen LogP contribution in [-0.4, -0.2) is 4.98 Å². The van der Waals surface area contributed by atoms with Gasteiger partial charge in [0, 0.05) is 11.6 Å². The third kappa shape index (κ3) is 1.58. The lowest BCUT2D eigenvalue weighted by atomic mass is 10.0. The van der Waals surface area contributed by atoms with Crippen molar-refractivity contribution in [1.82, 2.24) is 4.98 Å². The number of fused-ring (bicyclic) bond motifs is 1. The second kappa shape index (κ2) is 3.82. The third-order valence-electron chi connectivity index (χ3n) is 2.90. The molecule has 0 radical (unpaired) electrons. The van der Waals surface area contributed by atoms with E-state index in [0.29, 0.717) is 10.7 Å². The van der Waals surface area contributed by atoms with Crippen LogP contribution in [0.15, 0.2) is 48.7 Å². The maximum atomic E-state index is 6.21. The third-order valence-corrected chi connectivity index (χ3v) is 3.20. The van der Waals surface area contributed by atoms with E-state index in [2.05, 4.69) is 17.1 Å². The van der Waals surface area contributed by atoms with Crippen LogP contribution in [-0.2, 0) is 0 Å². The summed E-state index contributed by atoms with van der Waals surface area (Å²) < 4.78 is 0. The minimum absolute atomic E-state index is 0.700. The van der Waals surface area contributed by atoms with E-state index in [4.69, 9.17) is 17.3 Å². The largest absolute Gasteiger partial charge is 0.397 e. The summed E-state index contributed by atoms with van der Waals surface area (Å²) in [4.78, 5) is 3.11. The van der Waals surface area contributed by atoms with E-state index in [1.807, 2.05) is 30.3 Å². The lowest BCUT2D eigenvalue weighted by molar-refractivity contribution is 1.48. The molecule has 0 saturated heterocycles. The van der Waals surface area contributed by atoms with Gasteiger partial charge in [0.05, 0.1) is 16.2 Å². The molecule has 3 rings (SSSR count). The van der Waals surface area contributed by atoms with E-state index in [0.717, 1.165) is 22.0 Å². The average Bonchev–Trinajstić information content (AvgIpc) is 2.75. The van der Waals surface area contributed by atoms with Crippen molar-refractivity contribution >= 4 is 28.2 Å². The van der Waals surface area contributed by atoms with Gasteiger partial charge in [-0.3, -0.25) is 0 Å². The molecule has 0 spiro atoms. The number of nitrogens with two attached hydrogens (primary N) is 1. The van der Waals surface area contributed by atoms with Crippen LogP contribution < -0.4 is 5.73 Å². The normalized spacial score (nSPS) is 10.9. The van der Waals surface area contributed by atoms with Crippen LogP contribution in [0.3, 0.4) is 0 Å². The van der Waals surface area contributed by atoms with Crippen LogP contribution in [0.1, 0.15) is 0 Å². The van der Waals surface area contributed by atoms with Crippen molar-refractivity contribution in [2.24, 2.45) is 0 Å². The number of benzene rings is 2. The Morgan fingerprint density at radius 2 is 1.76 bits per heavy atom. The zero-order valence-corrected chi connectivity index (χ0v) is 9.83.